The third-order valence-corrected chi connectivity index (χ3v) is 5.63. The summed E-state index contributed by atoms with van der Waals surface area (Å²) < 4.78 is 9.04. The molecule has 0 amide bonds. The Labute approximate surface area is 196 Å². The van der Waals surface area contributed by atoms with Gasteiger partial charge in [-0.2, -0.15) is 4.98 Å². The zero-order valence-electron chi connectivity index (χ0n) is 17.8. The molecule has 33 heavy (non-hydrogen) atoms. The Morgan fingerprint density at radius 2 is 1.79 bits per heavy atom. The van der Waals surface area contributed by atoms with Crippen LogP contribution in [0.2, 0.25) is 0 Å². The van der Waals surface area contributed by atoms with Crippen LogP contribution in [0.4, 0.5) is 0 Å². The highest BCUT2D eigenvalue weighted by Crippen LogP contribution is 2.22. The van der Waals surface area contributed by atoms with Crippen molar-refractivity contribution in [3.8, 4) is 11.4 Å². The molecule has 1 aliphatic heterocycles. The van der Waals surface area contributed by atoms with Gasteiger partial charge in [-0.05, 0) is 26.0 Å². The minimum atomic E-state index is -0.869. The van der Waals surface area contributed by atoms with Crippen molar-refractivity contribution in [2.24, 2.45) is 10.9 Å². The molecule has 0 atom stereocenters. The van der Waals surface area contributed by atoms with E-state index in [0.717, 1.165) is 16.0 Å². The average Bonchev–Trinajstić information content (AvgIpc) is 3.56. The summed E-state index contributed by atoms with van der Waals surface area (Å²) in [5, 5.41) is 27.3. The lowest BCUT2D eigenvalue weighted by molar-refractivity contribution is -0.152. The van der Waals surface area contributed by atoms with Crippen LogP contribution in [-0.2, 0) is 25.5 Å². The van der Waals surface area contributed by atoms with Gasteiger partial charge in [0.05, 0.1) is 19.3 Å². The van der Waals surface area contributed by atoms with Gasteiger partial charge in [-0.3, -0.25) is 14.4 Å². The number of carbonyl (C=O) groups is 3. The van der Waals surface area contributed by atoms with Gasteiger partial charge in [0.1, 0.15) is 0 Å². The summed E-state index contributed by atoms with van der Waals surface area (Å²) in [6.07, 6.45) is 0.799. The summed E-state index contributed by atoms with van der Waals surface area (Å²) >= 11 is 3.19. The molecule has 13 heteroatoms. The van der Waals surface area contributed by atoms with Crippen molar-refractivity contribution in [3.63, 3.8) is 0 Å². The van der Waals surface area contributed by atoms with Crippen molar-refractivity contribution in [2.75, 3.05) is 0 Å². The molecule has 0 aromatic carbocycles. The Kier molecular flexibility index (Phi) is 9.69. The van der Waals surface area contributed by atoms with Crippen LogP contribution >= 0.6 is 22.7 Å². The van der Waals surface area contributed by atoms with E-state index >= 15 is 0 Å². The summed E-state index contributed by atoms with van der Waals surface area (Å²) in [7, 11) is 0. The van der Waals surface area contributed by atoms with E-state index in [-0.39, 0.29) is 31.5 Å². The smallest absolute Gasteiger partial charge is 0.314 e. The van der Waals surface area contributed by atoms with Gasteiger partial charge in [-0.25, -0.2) is 0 Å². The number of nitrogens with two attached hydrogens (primary N) is 1. The molecule has 4 rings (SSSR count). The first-order valence-corrected chi connectivity index (χ1v) is 11.3. The molecule has 0 bridgehead atoms. The highest BCUT2D eigenvalue weighted by Gasteiger charge is 2.19. The highest BCUT2D eigenvalue weighted by molar-refractivity contribution is 7.10. The monoisotopic (exact) mass is 494 g/mol. The number of cyclic esters (lactones) is 2. The van der Waals surface area contributed by atoms with Crippen molar-refractivity contribution >= 4 is 46.4 Å². The maximum atomic E-state index is 10.4. The molecule has 0 aliphatic carbocycles. The van der Waals surface area contributed by atoms with E-state index in [1.54, 1.807) is 22.7 Å². The van der Waals surface area contributed by atoms with Gasteiger partial charge >= 0.3 is 17.9 Å². The summed E-state index contributed by atoms with van der Waals surface area (Å²) in [5.41, 5.74) is 7.01. The van der Waals surface area contributed by atoms with Crippen LogP contribution in [0.3, 0.4) is 0 Å². The SMILES string of the molecule is Cc1cc(-c2noc(CCC(=O)O)n2)cs1.Cc1cc(C(N)=NO)cs1.O=C1CCC(=O)O1. The van der Waals surface area contributed by atoms with E-state index in [4.69, 9.17) is 20.6 Å². The van der Waals surface area contributed by atoms with Crippen LogP contribution in [0.5, 0.6) is 0 Å². The lowest BCUT2D eigenvalue weighted by Gasteiger charge is -1.88. The Balaban J connectivity index is 0.000000193. The zero-order chi connectivity index (χ0) is 24.4. The fraction of sp³-hybridized carbons (Fsp3) is 0.300. The number of aryl methyl sites for hydroxylation is 3. The fourth-order valence-electron chi connectivity index (χ4n) is 2.32. The molecule has 4 N–H and O–H groups in total. The number of carbonyl (C=O) groups excluding carboxylic acids is 2. The summed E-state index contributed by atoms with van der Waals surface area (Å²) in [6, 6.07) is 3.84. The molecule has 1 fully saturated rings. The van der Waals surface area contributed by atoms with Crippen LogP contribution < -0.4 is 5.73 Å². The number of aromatic nitrogens is 2. The number of hydrogen-bond donors (Lipinski definition) is 3. The Morgan fingerprint density at radius 3 is 2.24 bits per heavy atom. The van der Waals surface area contributed by atoms with E-state index < -0.39 is 17.9 Å². The number of nitrogens with zero attached hydrogens (tertiary/aromatic N) is 3. The van der Waals surface area contributed by atoms with Crippen LogP contribution in [0.1, 0.15) is 40.5 Å². The van der Waals surface area contributed by atoms with E-state index in [9.17, 15) is 14.4 Å². The largest absolute Gasteiger partial charge is 0.481 e. The zero-order valence-corrected chi connectivity index (χ0v) is 19.4. The minimum absolute atomic E-state index is 0.00426. The summed E-state index contributed by atoms with van der Waals surface area (Å²) in [5.74, 6) is -0.614. The number of esters is 2. The summed E-state index contributed by atoms with van der Waals surface area (Å²) in [4.78, 5) is 36.8. The van der Waals surface area contributed by atoms with E-state index in [1.165, 1.54) is 4.88 Å². The number of thiophene rings is 2. The first kappa shape index (κ1) is 25.7. The quantitative estimate of drug-likeness (QED) is 0.119. The normalized spacial score (nSPS) is 13.0. The van der Waals surface area contributed by atoms with E-state index in [1.807, 2.05) is 36.7 Å². The molecule has 1 aliphatic rings. The fourth-order valence-corrected chi connectivity index (χ4v) is 3.69. The lowest BCUT2D eigenvalue weighted by atomic mass is 10.3. The molecule has 11 nitrogen and oxygen atoms in total. The highest BCUT2D eigenvalue weighted by atomic mass is 32.1. The van der Waals surface area contributed by atoms with Crippen LogP contribution in [0.25, 0.3) is 11.4 Å². The van der Waals surface area contributed by atoms with Gasteiger partial charge in [0.2, 0.25) is 11.7 Å². The molecule has 0 saturated carbocycles. The number of aliphatic carboxylic acids is 1. The first-order chi connectivity index (χ1) is 15.7. The Bertz CT molecular complexity index is 1120. The Hall–Kier alpha value is -3.58. The van der Waals surface area contributed by atoms with Gasteiger partial charge in [-0.15, -0.1) is 22.7 Å². The van der Waals surface area contributed by atoms with Crippen molar-refractivity contribution in [2.45, 2.75) is 39.5 Å². The van der Waals surface area contributed by atoms with Crippen LogP contribution in [0.15, 0.2) is 32.6 Å². The maximum Gasteiger partial charge on any atom is 0.314 e. The molecule has 0 spiro atoms. The van der Waals surface area contributed by atoms with Crippen molar-refractivity contribution in [1.82, 2.24) is 10.1 Å². The van der Waals surface area contributed by atoms with Gasteiger partial charge in [0, 0.05) is 38.1 Å². The Morgan fingerprint density at radius 1 is 1.15 bits per heavy atom. The third-order valence-electron chi connectivity index (χ3n) is 3.90. The number of rotatable bonds is 5. The number of ether oxygens (including phenoxy) is 1. The van der Waals surface area contributed by atoms with Crippen molar-refractivity contribution < 1.29 is 34.0 Å². The van der Waals surface area contributed by atoms with Gasteiger partial charge in [0.15, 0.2) is 5.84 Å². The number of carboxylic acids is 1. The second kappa shape index (κ2) is 12.5. The number of oxime groups is 1. The molecular weight excluding hydrogens is 472 g/mol. The molecule has 0 unspecified atom stereocenters. The third kappa shape index (κ3) is 8.82. The van der Waals surface area contributed by atoms with Gasteiger partial charge < -0.3 is 25.3 Å². The van der Waals surface area contributed by atoms with Crippen LogP contribution in [-0.4, -0.2) is 44.2 Å². The van der Waals surface area contributed by atoms with Gasteiger partial charge in [-0.1, -0.05) is 10.3 Å². The summed E-state index contributed by atoms with van der Waals surface area (Å²) in [6.45, 7) is 3.97. The molecule has 0 radical (unpaired) electrons. The standard InChI is InChI=1S/C10H10N2O3S.C6H8N2OS.C4H4O3/c1-6-4-7(5-16-6)10-11-8(15-12-10)2-3-9(13)14;1-4-2-5(3-10-4)6(7)8-9;5-3-1-2-4(6)7-3/h4-5H,2-3H2,1H3,(H,13,14);2-3,9H,1H3,(H2,7,8);1-2H2. The molecule has 176 valence electrons. The maximum absolute atomic E-state index is 10.4. The van der Waals surface area contributed by atoms with Crippen molar-refractivity contribution in [1.29, 1.82) is 0 Å². The number of hydrogen-bond acceptors (Lipinski definition) is 11. The minimum Gasteiger partial charge on any atom is -0.481 e. The molecule has 4 heterocycles. The van der Waals surface area contributed by atoms with E-state index in [0.29, 0.717) is 11.7 Å². The molecule has 3 aromatic rings. The molecular formula is C20H22N4O7S2. The predicted molar refractivity (Wildman–Crippen MR) is 120 cm³/mol. The average molecular weight is 495 g/mol. The molecule has 1 saturated heterocycles. The number of amidine groups is 1. The first-order valence-electron chi connectivity index (χ1n) is 9.54. The predicted octanol–water partition coefficient (Wildman–Crippen LogP) is 3.12. The second-order valence-corrected chi connectivity index (χ2v) is 8.86. The lowest BCUT2D eigenvalue weighted by Crippen LogP contribution is -2.11. The van der Waals surface area contributed by atoms with Crippen molar-refractivity contribution in [3.05, 3.63) is 44.1 Å². The number of carboxylic acid groups (broad SMARTS) is 1. The topological polar surface area (TPSA) is 178 Å². The van der Waals surface area contributed by atoms with Gasteiger partial charge in [0.25, 0.3) is 0 Å². The van der Waals surface area contributed by atoms with E-state index in [2.05, 4.69) is 20.0 Å². The van der Waals surface area contributed by atoms with Crippen LogP contribution in [0, 0.1) is 13.8 Å². The second-order valence-electron chi connectivity index (χ2n) is 6.63. The molecule has 3 aromatic heterocycles.